The zero-order valence-electron chi connectivity index (χ0n) is 13.9. The Labute approximate surface area is 138 Å². The van der Waals surface area contributed by atoms with Crippen LogP contribution in [-0.4, -0.2) is 56.8 Å². The summed E-state index contributed by atoms with van der Waals surface area (Å²) in [5, 5.41) is 0. The first kappa shape index (κ1) is 17.7. The van der Waals surface area contributed by atoms with Gasteiger partial charge in [-0.25, -0.2) is 8.42 Å². The van der Waals surface area contributed by atoms with Gasteiger partial charge in [0.05, 0.1) is 12.0 Å². The lowest BCUT2D eigenvalue weighted by Crippen LogP contribution is -2.50. The number of benzene rings is 1. The van der Waals surface area contributed by atoms with E-state index >= 15 is 0 Å². The molecule has 0 unspecified atom stereocenters. The van der Waals surface area contributed by atoms with Gasteiger partial charge in [-0.1, -0.05) is 13.8 Å². The monoisotopic (exact) mass is 340 g/mol. The van der Waals surface area contributed by atoms with Crippen LogP contribution in [0.3, 0.4) is 0 Å². The highest BCUT2D eigenvalue weighted by Crippen LogP contribution is 2.25. The molecule has 0 spiro atoms. The lowest BCUT2D eigenvalue weighted by Gasteiger charge is -2.34. The van der Waals surface area contributed by atoms with Crippen molar-refractivity contribution < 1.29 is 17.9 Å². The summed E-state index contributed by atoms with van der Waals surface area (Å²) in [6, 6.07) is 4.96. The first-order chi connectivity index (χ1) is 10.9. The van der Waals surface area contributed by atoms with Crippen molar-refractivity contribution >= 4 is 15.9 Å². The topological polar surface area (TPSA) is 66.9 Å². The molecule has 0 radical (unpaired) electrons. The second kappa shape index (κ2) is 7.31. The van der Waals surface area contributed by atoms with E-state index in [1.54, 1.807) is 30.2 Å². The number of amides is 1. The van der Waals surface area contributed by atoms with Crippen molar-refractivity contribution in [2.45, 2.75) is 31.6 Å². The van der Waals surface area contributed by atoms with Crippen LogP contribution < -0.4 is 4.74 Å². The van der Waals surface area contributed by atoms with Crippen LogP contribution in [0, 0.1) is 0 Å². The quantitative estimate of drug-likeness (QED) is 0.815. The number of carbonyl (C=O) groups excluding carboxylic acids is 1. The van der Waals surface area contributed by atoms with Gasteiger partial charge in [-0.2, -0.15) is 4.31 Å². The summed E-state index contributed by atoms with van der Waals surface area (Å²) in [6.07, 6.45) is 1.15. The third kappa shape index (κ3) is 3.67. The van der Waals surface area contributed by atoms with Crippen molar-refractivity contribution in [1.82, 2.24) is 9.21 Å². The molecule has 0 bridgehead atoms. The highest BCUT2D eigenvalue weighted by Gasteiger charge is 2.30. The van der Waals surface area contributed by atoms with Gasteiger partial charge in [0.2, 0.25) is 15.9 Å². The molecular weight excluding hydrogens is 316 g/mol. The number of aryl methyl sites for hydroxylation is 1. The van der Waals surface area contributed by atoms with E-state index in [2.05, 4.69) is 0 Å². The van der Waals surface area contributed by atoms with Gasteiger partial charge in [-0.15, -0.1) is 0 Å². The van der Waals surface area contributed by atoms with Gasteiger partial charge in [0, 0.05) is 32.6 Å². The van der Waals surface area contributed by atoms with Crippen LogP contribution in [0.25, 0.3) is 0 Å². The molecule has 1 aromatic rings. The molecule has 1 aromatic carbocycles. The normalized spacial score (nSPS) is 16.4. The molecule has 2 rings (SSSR count). The van der Waals surface area contributed by atoms with E-state index in [9.17, 15) is 13.2 Å². The van der Waals surface area contributed by atoms with Crippen molar-refractivity contribution in [3.63, 3.8) is 0 Å². The standard InChI is InChI=1S/C16H24N2O4S/c1-4-13-12-14(6-7-15(13)22-3)23(20,21)18-10-8-17(9-11-18)16(19)5-2/h6-7,12H,4-5,8-11H2,1-3H3. The van der Waals surface area contributed by atoms with Gasteiger partial charge in [-0.05, 0) is 30.2 Å². The molecule has 0 aromatic heterocycles. The summed E-state index contributed by atoms with van der Waals surface area (Å²) < 4.78 is 32.3. The maximum absolute atomic E-state index is 12.8. The fraction of sp³-hybridized carbons (Fsp3) is 0.562. The highest BCUT2D eigenvalue weighted by molar-refractivity contribution is 7.89. The second-order valence-corrected chi connectivity index (χ2v) is 7.40. The molecule has 0 atom stereocenters. The van der Waals surface area contributed by atoms with Crippen LogP contribution in [0.4, 0.5) is 0 Å². The smallest absolute Gasteiger partial charge is 0.243 e. The zero-order chi connectivity index (χ0) is 17.0. The van der Waals surface area contributed by atoms with Crippen LogP contribution in [0.5, 0.6) is 5.75 Å². The second-order valence-electron chi connectivity index (χ2n) is 5.47. The van der Waals surface area contributed by atoms with Gasteiger partial charge in [0.1, 0.15) is 5.75 Å². The third-order valence-electron chi connectivity index (χ3n) is 4.16. The zero-order valence-corrected chi connectivity index (χ0v) is 14.7. The molecule has 0 aliphatic carbocycles. The molecule has 7 heteroatoms. The summed E-state index contributed by atoms with van der Waals surface area (Å²) >= 11 is 0. The van der Waals surface area contributed by atoms with Gasteiger partial charge in [-0.3, -0.25) is 4.79 Å². The molecule has 1 heterocycles. The number of ether oxygens (including phenoxy) is 1. The number of hydrogen-bond acceptors (Lipinski definition) is 4. The Bertz CT molecular complexity index is 665. The predicted molar refractivity (Wildman–Crippen MR) is 88.0 cm³/mol. The molecule has 128 valence electrons. The maximum Gasteiger partial charge on any atom is 0.243 e. The van der Waals surface area contributed by atoms with E-state index < -0.39 is 10.0 Å². The summed E-state index contributed by atoms with van der Waals surface area (Å²) in [5.41, 5.74) is 0.869. The van der Waals surface area contributed by atoms with Gasteiger partial charge < -0.3 is 9.64 Å². The first-order valence-corrected chi connectivity index (χ1v) is 9.32. The van der Waals surface area contributed by atoms with Crippen LogP contribution in [0.15, 0.2) is 23.1 Å². The summed E-state index contributed by atoms with van der Waals surface area (Å²) in [7, 11) is -1.96. The number of sulfonamides is 1. The Balaban J connectivity index is 2.18. The first-order valence-electron chi connectivity index (χ1n) is 7.88. The van der Waals surface area contributed by atoms with E-state index in [-0.39, 0.29) is 10.8 Å². The number of carbonyl (C=O) groups is 1. The number of rotatable bonds is 5. The summed E-state index contributed by atoms with van der Waals surface area (Å²) in [6.45, 7) is 5.34. The Morgan fingerprint density at radius 1 is 1.17 bits per heavy atom. The fourth-order valence-corrected chi connectivity index (χ4v) is 4.22. The number of methoxy groups -OCH3 is 1. The highest BCUT2D eigenvalue weighted by atomic mass is 32.2. The molecule has 1 aliphatic rings. The molecule has 6 nitrogen and oxygen atoms in total. The van der Waals surface area contributed by atoms with E-state index in [4.69, 9.17) is 4.74 Å². The lowest BCUT2D eigenvalue weighted by atomic mass is 10.1. The average molecular weight is 340 g/mol. The minimum Gasteiger partial charge on any atom is -0.496 e. The van der Waals surface area contributed by atoms with Gasteiger partial charge >= 0.3 is 0 Å². The molecule has 23 heavy (non-hydrogen) atoms. The van der Waals surface area contributed by atoms with Crippen molar-refractivity contribution in [1.29, 1.82) is 0 Å². The summed E-state index contributed by atoms with van der Waals surface area (Å²) in [5.74, 6) is 0.768. The van der Waals surface area contributed by atoms with Crippen LogP contribution in [-0.2, 0) is 21.2 Å². The average Bonchev–Trinajstić information content (AvgIpc) is 2.60. The number of piperazine rings is 1. The minimum absolute atomic E-state index is 0.0692. The fourth-order valence-electron chi connectivity index (χ4n) is 2.74. The Hall–Kier alpha value is -1.60. The molecule has 0 saturated carbocycles. The van der Waals surface area contributed by atoms with Crippen molar-refractivity contribution in [2.24, 2.45) is 0 Å². The Morgan fingerprint density at radius 3 is 2.35 bits per heavy atom. The molecule has 1 saturated heterocycles. The van der Waals surface area contributed by atoms with Crippen LogP contribution in [0.1, 0.15) is 25.8 Å². The minimum atomic E-state index is -3.54. The van der Waals surface area contributed by atoms with Gasteiger partial charge in [0.15, 0.2) is 0 Å². The van der Waals surface area contributed by atoms with Crippen molar-refractivity contribution in [3.05, 3.63) is 23.8 Å². The van der Waals surface area contributed by atoms with Crippen molar-refractivity contribution in [2.75, 3.05) is 33.3 Å². The van der Waals surface area contributed by atoms with E-state index in [1.165, 1.54) is 4.31 Å². The molecular formula is C16H24N2O4S. The lowest BCUT2D eigenvalue weighted by molar-refractivity contribution is -0.132. The van der Waals surface area contributed by atoms with E-state index in [1.807, 2.05) is 13.8 Å². The van der Waals surface area contributed by atoms with Crippen molar-refractivity contribution in [3.8, 4) is 5.75 Å². The Kier molecular flexibility index (Phi) is 5.64. The largest absolute Gasteiger partial charge is 0.496 e. The van der Waals surface area contributed by atoms with E-state index in [0.717, 1.165) is 5.56 Å². The number of hydrogen-bond donors (Lipinski definition) is 0. The number of nitrogens with zero attached hydrogens (tertiary/aromatic N) is 2. The molecule has 1 amide bonds. The molecule has 1 fully saturated rings. The Morgan fingerprint density at radius 2 is 1.83 bits per heavy atom. The maximum atomic E-state index is 12.8. The molecule has 1 aliphatic heterocycles. The van der Waals surface area contributed by atoms with Crippen LogP contribution >= 0.6 is 0 Å². The van der Waals surface area contributed by atoms with E-state index in [0.29, 0.717) is 44.8 Å². The molecule has 0 N–H and O–H groups in total. The SMILES string of the molecule is CCC(=O)N1CCN(S(=O)(=O)c2ccc(OC)c(CC)c2)CC1. The predicted octanol–water partition coefficient (Wildman–Crippen LogP) is 1.50. The van der Waals surface area contributed by atoms with Crippen LogP contribution in [0.2, 0.25) is 0 Å². The summed E-state index contributed by atoms with van der Waals surface area (Å²) in [4.78, 5) is 13.7. The third-order valence-corrected chi connectivity index (χ3v) is 6.06. The van der Waals surface area contributed by atoms with Gasteiger partial charge in [0.25, 0.3) is 0 Å².